The number of hydrogen-bond donors (Lipinski definition) is 1. The van der Waals surface area contributed by atoms with Gasteiger partial charge in [0.1, 0.15) is 5.75 Å². The van der Waals surface area contributed by atoms with Crippen LogP contribution in [0.2, 0.25) is 0 Å². The molecule has 0 heterocycles. The first-order valence-electron chi connectivity index (χ1n) is 9.54. The monoisotopic (exact) mass is 450 g/mol. The van der Waals surface area contributed by atoms with Crippen LogP contribution in [0.5, 0.6) is 5.75 Å². The van der Waals surface area contributed by atoms with E-state index in [1.165, 1.54) is 60.5 Å². The summed E-state index contributed by atoms with van der Waals surface area (Å²) in [6, 6.07) is 17.2. The van der Waals surface area contributed by atoms with Gasteiger partial charge in [0.25, 0.3) is 23.2 Å². The van der Waals surface area contributed by atoms with Gasteiger partial charge in [0, 0.05) is 48.3 Å². The number of rotatable bonds is 8. The molecule has 2 amide bonds. The molecule has 0 saturated heterocycles. The number of hydrogen-bond acceptors (Lipinski definition) is 7. The standard InChI is InChI=1S/C22H18N4O7/c1-24(22(28)15-3-2-4-19(13-15)26(31)32)17-9-11-20(12-10-17)33-14-21(27)23-16-5-7-18(8-6-16)25(29)30/h2-13H,14H2,1H3,(H,23,27). The van der Waals surface area contributed by atoms with Crippen molar-refractivity contribution in [1.82, 2.24) is 0 Å². The molecule has 0 fully saturated rings. The van der Waals surface area contributed by atoms with E-state index in [9.17, 15) is 29.8 Å². The molecule has 0 saturated carbocycles. The number of nitrogens with zero attached hydrogens (tertiary/aromatic N) is 3. The van der Waals surface area contributed by atoms with E-state index in [-0.39, 0.29) is 23.5 Å². The first-order chi connectivity index (χ1) is 15.7. The summed E-state index contributed by atoms with van der Waals surface area (Å²) in [5, 5.41) is 24.1. The average Bonchev–Trinajstić information content (AvgIpc) is 2.82. The van der Waals surface area contributed by atoms with Crippen molar-refractivity contribution in [1.29, 1.82) is 0 Å². The van der Waals surface area contributed by atoms with Gasteiger partial charge in [-0.2, -0.15) is 0 Å². The zero-order valence-electron chi connectivity index (χ0n) is 17.3. The Morgan fingerprint density at radius 3 is 2.15 bits per heavy atom. The molecule has 0 spiro atoms. The quantitative estimate of drug-likeness (QED) is 0.406. The fraction of sp³-hybridized carbons (Fsp3) is 0.0909. The Morgan fingerprint density at radius 1 is 0.909 bits per heavy atom. The Morgan fingerprint density at radius 2 is 1.55 bits per heavy atom. The van der Waals surface area contributed by atoms with Crippen LogP contribution in [0.25, 0.3) is 0 Å². The number of carbonyl (C=O) groups is 2. The Hall–Kier alpha value is -4.80. The van der Waals surface area contributed by atoms with E-state index in [1.54, 1.807) is 24.3 Å². The van der Waals surface area contributed by atoms with Crippen LogP contribution in [0.15, 0.2) is 72.8 Å². The van der Waals surface area contributed by atoms with Crippen molar-refractivity contribution < 1.29 is 24.2 Å². The minimum absolute atomic E-state index is 0.0849. The normalized spacial score (nSPS) is 10.2. The summed E-state index contributed by atoms with van der Waals surface area (Å²) in [7, 11) is 1.54. The van der Waals surface area contributed by atoms with E-state index in [2.05, 4.69) is 5.32 Å². The number of benzene rings is 3. The third-order valence-electron chi connectivity index (χ3n) is 4.56. The van der Waals surface area contributed by atoms with Crippen LogP contribution in [-0.4, -0.2) is 35.3 Å². The highest BCUT2D eigenvalue weighted by molar-refractivity contribution is 6.06. The van der Waals surface area contributed by atoms with E-state index in [0.717, 1.165) is 0 Å². The number of nitro groups is 2. The molecule has 0 aromatic heterocycles. The van der Waals surface area contributed by atoms with Gasteiger partial charge >= 0.3 is 0 Å². The van der Waals surface area contributed by atoms with Gasteiger partial charge in [-0.3, -0.25) is 29.8 Å². The fourth-order valence-corrected chi connectivity index (χ4v) is 2.84. The Labute approximate surface area is 187 Å². The zero-order chi connectivity index (χ0) is 24.0. The molecule has 0 aliphatic carbocycles. The SMILES string of the molecule is CN(C(=O)c1cccc([N+](=O)[O-])c1)c1ccc(OCC(=O)Nc2ccc([N+](=O)[O-])cc2)cc1. The Balaban J connectivity index is 1.56. The van der Waals surface area contributed by atoms with Gasteiger partial charge in [-0.15, -0.1) is 0 Å². The molecule has 0 bridgehead atoms. The third-order valence-corrected chi connectivity index (χ3v) is 4.56. The van der Waals surface area contributed by atoms with E-state index in [0.29, 0.717) is 17.1 Å². The molecule has 3 aromatic rings. The summed E-state index contributed by atoms with van der Waals surface area (Å²) in [5.74, 6) is -0.491. The van der Waals surface area contributed by atoms with Gasteiger partial charge in [-0.05, 0) is 42.5 Å². The number of ether oxygens (including phenoxy) is 1. The molecule has 0 atom stereocenters. The summed E-state index contributed by atoms with van der Waals surface area (Å²) in [5.41, 5.74) is 0.832. The summed E-state index contributed by atoms with van der Waals surface area (Å²) >= 11 is 0. The molecule has 168 valence electrons. The second-order valence-corrected chi connectivity index (χ2v) is 6.81. The summed E-state index contributed by atoms with van der Waals surface area (Å²) in [6.45, 7) is -0.293. The lowest BCUT2D eigenvalue weighted by Gasteiger charge is -2.18. The van der Waals surface area contributed by atoms with Crippen LogP contribution in [-0.2, 0) is 4.79 Å². The zero-order valence-corrected chi connectivity index (χ0v) is 17.3. The van der Waals surface area contributed by atoms with Gasteiger partial charge < -0.3 is 15.0 Å². The second kappa shape index (κ2) is 10.0. The molecule has 33 heavy (non-hydrogen) atoms. The molecule has 0 radical (unpaired) electrons. The summed E-state index contributed by atoms with van der Waals surface area (Å²) in [6.07, 6.45) is 0. The lowest BCUT2D eigenvalue weighted by molar-refractivity contribution is -0.385. The average molecular weight is 450 g/mol. The van der Waals surface area contributed by atoms with Crippen LogP contribution in [0.1, 0.15) is 10.4 Å². The van der Waals surface area contributed by atoms with E-state index < -0.39 is 21.7 Å². The lowest BCUT2D eigenvalue weighted by atomic mass is 10.1. The highest BCUT2D eigenvalue weighted by Gasteiger charge is 2.17. The molecule has 0 aliphatic heterocycles. The van der Waals surface area contributed by atoms with Crippen LogP contribution in [0.4, 0.5) is 22.7 Å². The molecule has 0 aliphatic rings. The number of non-ortho nitro benzene ring substituents is 2. The van der Waals surface area contributed by atoms with Crippen molar-refractivity contribution in [3.8, 4) is 5.75 Å². The topological polar surface area (TPSA) is 145 Å². The third kappa shape index (κ3) is 5.88. The Bertz CT molecular complexity index is 1190. The molecular formula is C22H18N4O7. The maximum atomic E-state index is 12.6. The number of nitrogens with one attached hydrogen (secondary N) is 1. The Kier molecular flexibility index (Phi) is 6.94. The van der Waals surface area contributed by atoms with Crippen LogP contribution >= 0.6 is 0 Å². The number of anilines is 2. The van der Waals surface area contributed by atoms with Gasteiger partial charge in [0.15, 0.2) is 6.61 Å². The minimum atomic E-state index is -0.569. The lowest BCUT2D eigenvalue weighted by Crippen LogP contribution is -2.26. The molecule has 11 heteroatoms. The minimum Gasteiger partial charge on any atom is -0.484 e. The van der Waals surface area contributed by atoms with Crippen molar-refractivity contribution >= 4 is 34.6 Å². The van der Waals surface area contributed by atoms with Crippen molar-refractivity contribution in [3.05, 3.63) is 98.6 Å². The first-order valence-corrected chi connectivity index (χ1v) is 9.54. The number of carbonyl (C=O) groups excluding carboxylic acids is 2. The molecule has 1 N–H and O–H groups in total. The van der Waals surface area contributed by atoms with Crippen molar-refractivity contribution in [2.24, 2.45) is 0 Å². The molecular weight excluding hydrogens is 432 g/mol. The van der Waals surface area contributed by atoms with Gasteiger partial charge in [-0.1, -0.05) is 6.07 Å². The van der Waals surface area contributed by atoms with Crippen molar-refractivity contribution in [3.63, 3.8) is 0 Å². The largest absolute Gasteiger partial charge is 0.484 e. The molecule has 0 unspecified atom stereocenters. The maximum Gasteiger partial charge on any atom is 0.270 e. The maximum absolute atomic E-state index is 12.6. The molecule has 3 rings (SSSR count). The van der Waals surface area contributed by atoms with Crippen LogP contribution in [0, 0.1) is 20.2 Å². The molecule has 3 aromatic carbocycles. The van der Waals surface area contributed by atoms with Gasteiger partial charge in [-0.25, -0.2) is 0 Å². The fourth-order valence-electron chi connectivity index (χ4n) is 2.84. The van der Waals surface area contributed by atoms with E-state index in [4.69, 9.17) is 4.74 Å². The smallest absolute Gasteiger partial charge is 0.270 e. The van der Waals surface area contributed by atoms with Crippen LogP contribution in [0.3, 0.4) is 0 Å². The number of nitro benzene ring substituents is 2. The first kappa shape index (κ1) is 22.9. The van der Waals surface area contributed by atoms with E-state index >= 15 is 0 Å². The highest BCUT2D eigenvalue weighted by atomic mass is 16.6. The molecule has 11 nitrogen and oxygen atoms in total. The van der Waals surface area contributed by atoms with Crippen LogP contribution < -0.4 is 15.0 Å². The van der Waals surface area contributed by atoms with Crippen molar-refractivity contribution in [2.45, 2.75) is 0 Å². The van der Waals surface area contributed by atoms with Crippen molar-refractivity contribution in [2.75, 3.05) is 23.9 Å². The predicted octanol–water partition coefficient (Wildman–Crippen LogP) is 3.80. The summed E-state index contributed by atoms with van der Waals surface area (Å²) in [4.78, 5) is 46.5. The second-order valence-electron chi connectivity index (χ2n) is 6.81. The predicted molar refractivity (Wildman–Crippen MR) is 119 cm³/mol. The highest BCUT2D eigenvalue weighted by Crippen LogP contribution is 2.22. The van der Waals surface area contributed by atoms with E-state index in [1.807, 2.05) is 0 Å². The van der Waals surface area contributed by atoms with Gasteiger partial charge in [0.2, 0.25) is 0 Å². The van der Waals surface area contributed by atoms with Gasteiger partial charge in [0.05, 0.1) is 9.85 Å². The summed E-state index contributed by atoms with van der Waals surface area (Å²) < 4.78 is 5.43. The number of amides is 2.